The molecule has 2 aromatic carbocycles. The van der Waals surface area contributed by atoms with Crippen LogP contribution in [0.5, 0.6) is 0 Å². The molecule has 0 atom stereocenters. The summed E-state index contributed by atoms with van der Waals surface area (Å²) in [5, 5.41) is 0.506. The van der Waals surface area contributed by atoms with Crippen LogP contribution in [0.3, 0.4) is 0 Å². The highest BCUT2D eigenvalue weighted by Crippen LogP contribution is 2.19. The third kappa shape index (κ3) is 3.79. The molecule has 0 aliphatic heterocycles. The summed E-state index contributed by atoms with van der Waals surface area (Å²) in [7, 11) is -4.28. The fourth-order valence-corrected chi connectivity index (χ4v) is 3.13. The zero-order chi connectivity index (χ0) is 16.3. The van der Waals surface area contributed by atoms with Crippen molar-refractivity contribution in [3.8, 4) is 0 Å². The molecule has 0 aliphatic carbocycles. The van der Waals surface area contributed by atoms with Crippen LogP contribution < -0.4 is 4.72 Å². The van der Waals surface area contributed by atoms with E-state index in [2.05, 4.69) is 4.72 Å². The van der Waals surface area contributed by atoms with Crippen LogP contribution in [-0.2, 0) is 16.4 Å². The van der Waals surface area contributed by atoms with E-state index in [1.807, 2.05) is 0 Å². The van der Waals surface area contributed by atoms with Crippen LogP contribution in [0.1, 0.15) is 5.56 Å². The van der Waals surface area contributed by atoms with Crippen LogP contribution in [0.25, 0.3) is 0 Å². The van der Waals surface area contributed by atoms with E-state index >= 15 is 0 Å². The van der Waals surface area contributed by atoms with Crippen molar-refractivity contribution in [2.45, 2.75) is 11.3 Å². The number of benzene rings is 2. The zero-order valence-corrected chi connectivity index (χ0v) is 12.7. The Bertz CT molecular complexity index is 797. The van der Waals surface area contributed by atoms with E-state index in [1.54, 1.807) is 24.3 Å². The van der Waals surface area contributed by atoms with Gasteiger partial charge in [0.15, 0.2) is 17.5 Å². The molecule has 1 N–H and O–H groups in total. The molecule has 0 fully saturated rings. The standard InChI is InChI=1S/C14H11ClF3NO2S/c15-10-3-1-2-9(8-10)6-7-19-22(20,21)12-5-4-11(16)13(17)14(12)18/h1-5,8,19H,6-7H2. The molecule has 0 heterocycles. The molecule has 2 aromatic rings. The first kappa shape index (κ1) is 16.8. The Morgan fingerprint density at radius 1 is 1.05 bits per heavy atom. The second kappa shape index (κ2) is 6.68. The lowest BCUT2D eigenvalue weighted by Crippen LogP contribution is -2.27. The number of halogens is 4. The number of rotatable bonds is 5. The van der Waals surface area contributed by atoms with Crippen LogP contribution in [0.4, 0.5) is 13.2 Å². The maximum Gasteiger partial charge on any atom is 0.243 e. The van der Waals surface area contributed by atoms with E-state index in [-0.39, 0.29) is 6.54 Å². The van der Waals surface area contributed by atoms with Gasteiger partial charge in [-0.2, -0.15) is 0 Å². The molecule has 22 heavy (non-hydrogen) atoms. The molecule has 0 spiro atoms. The quantitative estimate of drug-likeness (QED) is 0.842. The van der Waals surface area contributed by atoms with Crippen molar-refractivity contribution in [1.82, 2.24) is 4.72 Å². The van der Waals surface area contributed by atoms with Crippen molar-refractivity contribution < 1.29 is 21.6 Å². The molecule has 0 radical (unpaired) electrons. The molecule has 2 rings (SSSR count). The van der Waals surface area contributed by atoms with E-state index in [1.165, 1.54) is 0 Å². The molecule has 0 aliphatic rings. The van der Waals surface area contributed by atoms with Crippen LogP contribution in [0.2, 0.25) is 5.02 Å². The smallest absolute Gasteiger partial charge is 0.211 e. The molecule has 8 heteroatoms. The summed E-state index contributed by atoms with van der Waals surface area (Å²) >= 11 is 5.80. The van der Waals surface area contributed by atoms with Gasteiger partial charge < -0.3 is 0 Å². The van der Waals surface area contributed by atoms with Gasteiger partial charge in [-0.05, 0) is 36.2 Å². The highest BCUT2D eigenvalue weighted by molar-refractivity contribution is 7.89. The number of hydrogen-bond acceptors (Lipinski definition) is 2. The summed E-state index contributed by atoms with van der Waals surface area (Å²) < 4.78 is 65.4. The molecule has 0 saturated heterocycles. The van der Waals surface area contributed by atoms with Crippen molar-refractivity contribution in [3.05, 3.63) is 64.4 Å². The Morgan fingerprint density at radius 3 is 2.45 bits per heavy atom. The SMILES string of the molecule is O=S(=O)(NCCc1cccc(Cl)c1)c1ccc(F)c(F)c1F. The van der Waals surface area contributed by atoms with Crippen molar-refractivity contribution >= 4 is 21.6 Å². The van der Waals surface area contributed by atoms with E-state index in [9.17, 15) is 21.6 Å². The maximum absolute atomic E-state index is 13.5. The maximum atomic E-state index is 13.5. The summed E-state index contributed by atoms with van der Waals surface area (Å²) in [5.41, 5.74) is 0.779. The third-order valence-electron chi connectivity index (χ3n) is 2.88. The second-order valence-corrected chi connectivity index (χ2v) is 6.62. The molecule has 3 nitrogen and oxygen atoms in total. The van der Waals surface area contributed by atoms with Gasteiger partial charge in [0.2, 0.25) is 10.0 Å². The predicted molar refractivity (Wildman–Crippen MR) is 76.7 cm³/mol. The molecule has 0 saturated carbocycles. The van der Waals surface area contributed by atoms with Gasteiger partial charge in [0, 0.05) is 11.6 Å². The number of nitrogens with one attached hydrogen (secondary N) is 1. The zero-order valence-electron chi connectivity index (χ0n) is 11.1. The number of hydrogen-bond donors (Lipinski definition) is 1. The minimum atomic E-state index is -4.28. The van der Waals surface area contributed by atoms with E-state index in [0.29, 0.717) is 23.6 Å². The van der Waals surface area contributed by atoms with Crippen molar-refractivity contribution in [2.75, 3.05) is 6.54 Å². The Labute approximate surface area is 130 Å². The lowest BCUT2D eigenvalue weighted by Gasteiger charge is -2.08. The van der Waals surface area contributed by atoms with Crippen molar-refractivity contribution in [3.63, 3.8) is 0 Å². The molecule has 118 valence electrons. The molecule has 0 aromatic heterocycles. The predicted octanol–water partition coefficient (Wildman–Crippen LogP) is 3.28. The molecule has 0 bridgehead atoms. The fraction of sp³-hybridized carbons (Fsp3) is 0.143. The van der Waals surface area contributed by atoms with E-state index in [0.717, 1.165) is 5.56 Å². The molecular weight excluding hydrogens is 339 g/mol. The lowest BCUT2D eigenvalue weighted by atomic mass is 10.2. The van der Waals surface area contributed by atoms with Gasteiger partial charge in [0.1, 0.15) is 4.90 Å². The molecular formula is C14H11ClF3NO2S. The first-order valence-corrected chi connectivity index (χ1v) is 8.05. The highest BCUT2D eigenvalue weighted by atomic mass is 35.5. The van der Waals surface area contributed by atoms with Crippen LogP contribution in [0, 0.1) is 17.5 Å². The monoisotopic (exact) mass is 349 g/mol. The van der Waals surface area contributed by atoms with Crippen molar-refractivity contribution in [1.29, 1.82) is 0 Å². The minimum Gasteiger partial charge on any atom is -0.211 e. The number of sulfonamides is 1. The van der Waals surface area contributed by atoms with E-state index in [4.69, 9.17) is 11.6 Å². The highest BCUT2D eigenvalue weighted by Gasteiger charge is 2.23. The van der Waals surface area contributed by atoms with Gasteiger partial charge in [0.25, 0.3) is 0 Å². The van der Waals surface area contributed by atoms with Gasteiger partial charge in [-0.15, -0.1) is 0 Å². The van der Waals surface area contributed by atoms with Gasteiger partial charge in [-0.3, -0.25) is 0 Å². The minimum absolute atomic E-state index is 0.0406. The normalized spacial score (nSPS) is 11.6. The topological polar surface area (TPSA) is 46.2 Å². The van der Waals surface area contributed by atoms with Crippen LogP contribution in [-0.4, -0.2) is 15.0 Å². The summed E-state index contributed by atoms with van der Waals surface area (Å²) in [6, 6.07) is 8.03. The average molecular weight is 350 g/mol. The largest absolute Gasteiger partial charge is 0.243 e. The fourth-order valence-electron chi connectivity index (χ4n) is 1.82. The Hall–Kier alpha value is -1.57. The summed E-state index contributed by atoms with van der Waals surface area (Å²) in [5.74, 6) is -5.01. The Morgan fingerprint density at radius 2 is 1.77 bits per heavy atom. The van der Waals surface area contributed by atoms with Crippen LogP contribution >= 0.6 is 11.6 Å². The Balaban J connectivity index is 2.10. The lowest BCUT2D eigenvalue weighted by molar-refractivity contribution is 0.431. The summed E-state index contributed by atoms with van der Waals surface area (Å²) in [4.78, 5) is -0.933. The van der Waals surface area contributed by atoms with Gasteiger partial charge in [-0.1, -0.05) is 23.7 Å². The first-order chi connectivity index (χ1) is 10.3. The first-order valence-electron chi connectivity index (χ1n) is 6.19. The van der Waals surface area contributed by atoms with E-state index < -0.39 is 32.4 Å². The average Bonchev–Trinajstić information content (AvgIpc) is 2.44. The van der Waals surface area contributed by atoms with Gasteiger partial charge in [0.05, 0.1) is 0 Å². The summed E-state index contributed by atoms with van der Waals surface area (Å²) in [6.45, 7) is -0.0406. The Kier molecular flexibility index (Phi) is 5.10. The molecule has 0 amide bonds. The van der Waals surface area contributed by atoms with Gasteiger partial charge in [-0.25, -0.2) is 26.3 Å². The second-order valence-electron chi connectivity index (χ2n) is 4.45. The van der Waals surface area contributed by atoms with Gasteiger partial charge >= 0.3 is 0 Å². The molecule has 0 unspecified atom stereocenters. The van der Waals surface area contributed by atoms with Crippen LogP contribution in [0.15, 0.2) is 41.3 Å². The third-order valence-corrected chi connectivity index (χ3v) is 4.60. The van der Waals surface area contributed by atoms with Crippen molar-refractivity contribution in [2.24, 2.45) is 0 Å². The summed E-state index contributed by atoms with van der Waals surface area (Å²) in [6.07, 6.45) is 0.311.